The van der Waals surface area contributed by atoms with Crippen molar-refractivity contribution in [1.29, 1.82) is 5.26 Å². The molecule has 0 bridgehead atoms. The third-order valence-electron chi connectivity index (χ3n) is 3.80. The van der Waals surface area contributed by atoms with Crippen molar-refractivity contribution in [2.24, 2.45) is 0 Å². The van der Waals surface area contributed by atoms with Gasteiger partial charge in [-0.3, -0.25) is 4.90 Å². The zero-order valence-electron chi connectivity index (χ0n) is 14.0. The number of ether oxygens (including phenoxy) is 1. The van der Waals surface area contributed by atoms with Crippen molar-refractivity contribution in [3.05, 3.63) is 24.3 Å². The number of nitriles is 1. The highest BCUT2D eigenvalue weighted by molar-refractivity contribution is 7.99. The molecule has 7 heteroatoms. The lowest BCUT2D eigenvalue weighted by molar-refractivity contribution is 0.0359. The van der Waals surface area contributed by atoms with E-state index in [2.05, 4.69) is 16.3 Å². The summed E-state index contributed by atoms with van der Waals surface area (Å²) in [4.78, 5) is 17.4. The van der Waals surface area contributed by atoms with Crippen molar-refractivity contribution < 1.29 is 9.53 Å². The first-order valence-corrected chi connectivity index (χ1v) is 9.10. The average Bonchev–Trinajstić information content (AvgIpc) is 2.62. The quantitative estimate of drug-likeness (QED) is 0.606. The molecule has 1 N–H and O–H groups in total. The molecule has 1 aromatic rings. The van der Waals surface area contributed by atoms with Crippen molar-refractivity contribution in [3.8, 4) is 6.07 Å². The second kappa shape index (κ2) is 10.2. The largest absolute Gasteiger partial charge is 0.379 e. The molecule has 6 nitrogen and oxygen atoms in total. The summed E-state index contributed by atoms with van der Waals surface area (Å²) >= 11 is 1.58. The Morgan fingerprint density at radius 1 is 1.42 bits per heavy atom. The highest BCUT2D eigenvalue weighted by Crippen LogP contribution is 2.27. The van der Waals surface area contributed by atoms with Gasteiger partial charge in [-0.1, -0.05) is 12.1 Å². The molecule has 1 saturated heterocycles. The van der Waals surface area contributed by atoms with Crippen LogP contribution in [0.4, 0.5) is 10.5 Å². The van der Waals surface area contributed by atoms with Gasteiger partial charge in [0.2, 0.25) is 0 Å². The predicted octanol–water partition coefficient (Wildman–Crippen LogP) is 2.49. The molecule has 1 fully saturated rings. The molecule has 0 atom stereocenters. The Balaban J connectivity index is 1.83. The second-order valence-electron chi connectivity index (χ2n) is 5.56. The molecule has 2 amide bonds. The lowest BCUT2D eigenvalue weighted by atomic mass is 10.3. The van der Waals surface area contributed by atoms with Crippen LogP contribution < -0.4 is 5.32 Å². The van der Waals surface area contributed by atoms with Crippen molar-refractivity contribution in [2.45, 2.75) is 11.3 Å². The number of morpholine rings is 1. The molecule has 0 saturated carbocycles. The topological polar surface area (TPSA) is 68.6 Å². The number of carbonyl (C=O) groups excluding carboxylic acids is 1. The average molecular weight is 348 g/mol. The van der Waals surface area contributed by atoms with E-state index in [0.717, 1.165) is 49.2 Å². The first kappa shape index (κ1) is 18.6. The van der Waals surface area contributed by atoms with Crippen molar-refractivity contribution in [2.75, 3.05) is 57.5 Å². The van der Waals surface area contributed by atoms with E-state index in [9.17, 15) is 4.79 Å². The fourth-order valence-corrected chi connectivity index (χ4v) is 3.19. The van der Waals surface area contributed by atoms with Crippen LogP contribution in [0.3, 0.4) is 0 Å². The Morgan fingerprint density at radius 2 is 2.17 bits per heavy atom. The molecule has 1 heterocycles. The molecular weight excluding hydrogens is 324 g/mol. The van der Waals surface area contributed by atoms with Crippen LogP contribution in [-0.4, -0.2) is 68.0 Å². The summed E-state index contributed by atoms with van der Waals surface area (Å²) in [5, 5.41) is 11.6. The molecule has 0 radical (unpaired) electrons. The summed E-state index contributed by atoms with van der Waals surface area (Å²) in [6.07, 6.45) is 0.492. The van der Waals surface area contributed by atoms with E-state index in [1.54, 1.807) is 23.7 Å². The summed E-state index contributed by atoms with van der Waals surface area (Å²) in [7, 11) is 1.81. The highest BCUT2D eigenvalue weighted by atomic mass is 32.2. The van der Waals surface area contributed by atoms with Crippen molar-refractivity contribution in [3.63, 3.8) is 0 Å². The fraction of sp³-hybridized carbons (Fsp3) is 0.529. The Bertz CT molecular complexity index is 570. The molecule has 2 rings (SSSR count). The van der Waals surface area contributed by atoms with Gasteiger partial charge in [-0.05, 0) is 12.1 Å². The van der Waals surface area contributed by atoms with E-state index in [1.807, 2.05) is 24.3 Å². The standard InChI is InChI=1S/C17H24N4O2S/c1-20(8-9-21-10-12-23-13-11-21)17(22)19-15-5-2-3-6-16(15)24-14-4-7-18/h2-3,5-6H,4,8-14H2,1H3,(H,19,22). The molecule has 0 aliphatic carbocycles. The zero-order chi connectivity index (χ0) is 17.2. The number of nitrogens with one attached hydrogen (secondary N) is 1. The van der Waals surface area contributed by atoms with Crippen LogP contribution in [-0.2, 0) is 4.74 Å². The minimum absolute atomic E-state index is 0.114. The zero-order valence-corrected chi connectivity index (χ0v) is 14.8. The maximum Gasteiger partial charge on any atom is 0.321 e. The van der Waals surface area contributed by atoms with Crippen molar-refractivity contribution >= 4 is 23.5 Å². The van der Waals surface area contributed by atoms with Crippen molar-refractivity contribution in [1.82, 2.24) is 9.80 Å². The maximum atomic E-state index is 12.4. The lowest BCUT2D eigenvalue weighted by Crippen LogP contribution is -2.42. The third-order valence-corrected chi connectivity index (χ3v) is 4.88. The number of hydrogen-bond donors (Lipinski definition) is 1. The van der Waals surface area contributed by atoms with E-state index in [4.69, 9.17) is 10.00 Å². The van der Waals surface area contributed by atoms with Crippen LogP contribution >= 0.6 is 11.8 Å². The maximum absolute atomic E-state index is 12.4. The Kier molecular flexibility index (Phi) is 7.89. The van der Waals surface area contributed by atoms with Crippen LogP contribution in [0.5, 0.6) is 0 Å². The highest BCUT2D eigenvalue weighted by Gasteiger charge is 2.14. The van der Waals surface area contributed by atoms with Gasteiger partial charge in [-0.25, -0.2) is 4.79 Å². The summed E-state index contributed by atoms with van der Waals surface area (Å²) < 4.78 is 5.33. The third kappa shape index (κ3) is 6.04. The van der Waals surface area contributed by atoms with E-state index in [1.165, 1.54) is 0 Å². The number of carbonyl (C=O) groups is 1. The number of anilines is 1. The number of likely N-dealkylation sites (N-methyl/N-ethyl adjacent to an activating group) is 1. The molecule has 0 aromatic heterocycles. The Hall–Kier alpha value is -1.75. The number of benzene rings is 1. The fourth-order valence-electron chi connectivity index (χ4n) is 2.33. The van der Waals surface area contributed by atoms with Gasteiger partial charge < -0.3 is 15.0 Å². The number of rotatable bonds is 7. The Labute approximate surface area is 147 Å². The number of amides is 2. The molecule has 24 heavy (non-hydrogen) atoms. The van der Waals surface area contributed by atoms with Crippen LogP contribution in [0, 0.1) is 11.3 Å². The van der Waals surface area contributed by atoms with Gasteiger partial charge in [0.05, 0.1) is 25.0 Å². The van der Waals surface area contributed by atoms with Gasteiger partial charge in [0.1, 0.15) is 0 Å². The number of thioether (sulfide) groups is 1. The molecule has 1 aromatic carbocycles. The van der Waals surface area contributed by atoms with E-state index in [-0.39, 0.29) is 6.03 Å². The molecule has 0 unspecified atom stereocenters. The van der Waals surface area contributed by atoms with E-state index in [0.29, 0.717) is 13.0 Å². The van der Waals surface area contributed by atoms with Crippen LogP contribution in [0.1, 0.15) is 6.42 Å². The van der Waals surface area contributed by atoms with E-state index >= 15 is 0 Å². The number of hydrogen-bond acceptors (Lipinski definition) is 5. The minimum atomic E-state index is -0.114. The molecular formula is C17H24N4O2S. The van der Waals surface area contributed by atoms with Crippen LogP contribution in [0.2, 0.25) is 0 Å². The van der Waals surface area contributed by atoms with Gasteiger partial charge in [-0.15, -0.1) is 11.8 Å². The normalized spacial score (nSPS) is 14.8. The Morgan fingerprint density at radius 3 is 2.92 bits per heavy atom. The molecule has 1 aliphatic heterocycles. The smallest absolute Gasteiger partial charge is 0.321 e. The minimum Gasteiger partial charge on any atom is -0.379 e. The SMILES string of the molecule is CN(CCN1CCOCC1)C(=O)Nc1ccccc1SCCC#N. The van der Waals surface area contributed by atoms with Gasteiger partial charge in [0.25, 0.3) is 0 Å². The first-order valence-electron chi connectivity index (χ1n) is 8.11. The summed E-state index contributed by atoms with van der Waals surface area (Å²) in [6, 6.07) is 9.71. The number of para-hydroxylation sites is 1. The van der Waals surface area contributed by atoms with Gasteiger partial charge in [-0.2, -0.15) is 5.26 Å². The molecule has 0 spiro atoms. The monoisotopic (exact) mass is 348 g/mol. The van der Waals surface area contributed by atoms with Gasteiger partial charge in [0.15, 0.2) is 0 Å². The predicted molar refractivity (Wildman–Crippen MR) is 96.3 cm³/mol. The number of nitrogens with zero attached hydrogens (tertiary/aromatic N) is 3. The lowest BCUT2D eigenvalue weighted by Gasteiger charge is -2.28. The first-order chi connectivity index (χ1) is 11.7. The molecule has 130 valence electrons. The number of urea groups is 1. The second-order valence-corrected chi connectivity index (χ2v) is 6.70. The van der Waals surface area contributed by atoms with E-state index < -0.39 is 0 Å². The summed E-state index contributed by atoms with van der Waals surface area (Å²) in [6.45, 7) is 4.91. The van der Waals surface area contributed by atoms with Gasteiger partial charge >= 0.3 is 6.03 Å². The van der Waals surface area contributed by atoms with Crippen LogP contribution in [0.25, 0.3) is 0 Å². The summed E-state index contributed by atoms with van der Waals surface area (Å²) in [5.74, 6) is 0.719. The summed E-state index contributed by atoms with van der Waals surface area (Å²) in [5.41, 5.74) is 0.795. The molecule has 1 aliphatic rings. The van der Waals surface area contributed by atoms with Gasteiger partial charge in [0, 0.05) is 50.3 Å². The van der Waals surface area contributed by atoms with Crippen LogP contribution in [0.15, 0.2) is 29.2 Å².